The van der Waals surface area contributed by atoms with E-state index in [0.29, 0.717) is 22.0 Å². The largest absolute Gasteiger partial charge is 0.384 e. The van der Waals surface area contributed by atoms with Crippen LogP contribution in [0.1, 0.15) is 24.8 Å². The summed E-state index contributed by atoms with van der Waals surface area (Å²) in [7, 11) is 1.78. The molecule has 0 radical (unpaired) electrons. The summed E-state index contributed by atoms with van der Waals surface area (Å²) < 4.78 is 5.43. The number of fused-ring (bicyclic) bond motifs is 2. The first-order valence-corrected chi connectivity index (χ1v) is 7.59. The maximum absolute atomic E-state index is 6.21. The van der Waals surface area contributed by atoms with Gasteiger partial charge in [-0.15, -0.1) is 12.4 Å². The number of benzene rings is 1. The Hall–Kier alpha value is 0.01000. The first-order valence-electron chi connectivity index (χ1n) is 6.83. The summed E-state index contributed by atoms with van der Waals surface area (Å²) in [6.07, 6.45) is 3.62. The monoisotopic (exact) mass is 335 g/mol. The van der Waals surface area contributed by atoms with Gasteiger partial charge in [-0.25, -0.2) is 0 Å². The molecule has 1 aromatic rings. The highest BCUT2D eigenvalue weighted by atomic mass is 35.5. The SMILES string of the molecule is COC[C@@H]1CN[C@H]2CC[C@]1(c1ccc(Cl)c(Cl)c1)C2.Cl. The van der Waals surface area contributed by atoms with E-state index in [1.807, 2.05) is 6.07 Å². The molecule has 1 aliphatic heterocycles. The van der Waals surface area contributed by atoms with E-state index in [1.165, 1.54) is 24.8 Å². The van der Waals surface area contributed by atoms with E-state index in [4.69, 9.17) is 27.9 Å². The predicted octanol–water partition coefficient (Wildman–Crippen LogP) is 4.07. The summed E-state index contributed by atoms with van der Waals surface area (Å²) in [6, 6.07) is 6.76. The van der Waals surface area contributed by atoms with Crippen molar-refractivity contribution in [1.82, 2.24) is 5.32 Å². The minimum atomic E-state index is 0. The van der Waals surface area contributed by atoms with Crippen molar-refractivity contribution in [2.45, 2.75) is 30.7 Å². The van der Waals surface area contributed by atoms with Gasteiger partial charge < -0.3 is 10.1 Å². The molecule has 1 N–H and O–H groups in total. The van der Waals surface area contributed by atoms with E-state index in [9.17, 15) is 0 Å². The number of rotatable bonds is 3. The molecule has 3 rings (SSSR count). The normalized spacial score (nSPS) is 31.9. The third-order valence-corrected chi connectivity index (χ3v) is 5.59. The van der Waals surface area contributed by atoms with Gasteiger partial charge in [0.25, 0.3) is 0 Å². The van der Waals surface area contributed by atoms with E-state index < -0.39 is 0 Å². The molecule has 1 heterocycles. The highest BCUT2D eigenvalue weighted by Gasteiger charge is 2.49. The first-order chi connectivity index (χ1) is 9.15. The fraction of sp³-hybridized carbons (Fsp3) is 0.600. The van der Waals surface area contributed by atoms with E-state index in [-0.39, 0.29) is 17.8 Å². The highest BCUT2D eigenvalue weighted by Crippen LogP contribution is 2.50. The number of methoxy groups -OCH3 is 1. The van der Waals surface area contributed by atoms with Crippen LogP contribution in [0.5, 0.6) is 0 Å². The zero-order chi connectivity index (χ0) is 13.5. The lowest BCUT2D eigenvalue weighted by molar-refractivity contribution is 0.0889. The molecular weight excluding hydrogens is 317 g/mol. The molecule has 0 spiro atoms. The van der Waals surface area contributed by atoms with E-state index in [1.54, 1.807) is 7.11 Å². The van der Waals surface area contributed by atoms with Crippen molar-refractivity contribution in [3.8, 4) is 0 Å². The second kappa shape index (κ2) is 6.41. The van der Waals surface area contributed by atoms with Crippen molar-refractivity contribution >= 4 is 35.6 Å². The van der Waals surface area contributed by atoms with Crippen molar-refractivity contribution in [2.75, 3.05) is 20.3 Å². The molecule has 3 atom stereocenters. The van der Waals surface area contributed by atoms with Gasteiger partial charge in [-0.05, 0) is 37.0 Å². The van der Waals surface area contributed by atoms with Crippen LogP contribution in [-0.4, -0.2) is 26.3 Å². The molecule has 5 heteroatoms. The van der Waals surface area contributed by atoms with Crippen molar-refractivity contribution < 1.29 is 4.74 Å². The van der Waals surface area contributed by atoms with Crippen molar-refractivity contribution in [2.24, 2.45) is 5.92 Å². The summed E-state index contributed by atoms with van der Waals surface area (Å²) in [5, 5.41) is 4.92. The molecule has 0 aromatic heterocycles. The minimum absolute atomic E-state index is 0. The molecular formula is C15H20Cl3NO. The quantitative estimate of drug-likeness (QED) is 0.898. The van der Waals surface area contributed by atoms with E-state index in [0.717, 1.165) is 13.2 Å². The van der Waals surface area contributed by atoms with E-state index >= 15 is 0 Å². The van der Waals surface area contributed by atoms with Crippen LogP contribution in [-0.2, 0) is 10.2 Å². The number of nitrogens with one attached hydrogen (secondary N) is 1. The van der Waals surface area contributed by atoms with Crippen LogP contribution >= 0.6 is 35.6 Å². The van der Waals surface area contributed by atoms with Crippen molar-refractivity contribution in [3.63, 3.8) is 0 Å². The minimum Gasteiger partial charge on any atom is -0.384 e. The van der Waals surface area contributed by atoms with Crippen molar-refractivity contribution in [1.29, 1.82) is 0 Å². The fourth-order valence-corrected chi connectivity index (χ4v) is 4.15. The van der Waals surface area contributed by atoms with Crippen LogP contribution in [0.25, 0.3) is 0 Å². The highest BCUT2D eigenvalue weighted by molar-refractivity contribution is 6.42. The fourth-order valence-electron chi connectivity index (χ4n) is 3.85. The van der Waals surface area contributed by atoms with Gasteiger partial charge in [0.2, 0.25) is 0 Å². The standard InChI is InChI=1S/C15H19Cl2NO.ClH/c1-19-9-11-8-18-12-4-5-15(11,7-12)10-2-3-13(16)14(17)6-10;/h2-3,6,11-12,18H,4-5,7-9H2,1H3;1H/t11-,12-,15+;/m0./s1. The van der Waals surface area contributed by atoms with Gasteiger partial charge in [-0.3, -0.25) is 0 Å². The van der Waals surface area contributed by atoms with Gasteiger partial charge in [-0.1, -0.05) is 29.3 Å². The number of hydrogen-bond acceptors (Lipinski definition) is 2. The smallest absolute Gasteiger partial charge is 0.0595 e. The number of ether oxygens (including phenoxy) is 1. The Morgan fingerprint density at radius 1 is 1.35 bits per heavy atom. The topological polar surface area (TPSA) is 21.3 Å². The zero-order valence-electron chi connectivity index (χ0n) is 11.5. The molecule has 2 aliphatic rings. The Bertz CT molecular complexity index is 482. The molecule has 2 nitrogen and oxygen atoms in total. The van der Waals surface area contributed by atoms with Crippen LogP contribution in [0.4, 0.5) is 0 Å². The van der Waals surface area contributed by atoms with Crippen molar-refractivity contribution in [3.05, 3.63) is 33.8 Å². The summed E-state index contributed by atoms with van der Waals surface area (Å²) in [5.74, 6) is 0.508. The molecule has 1 saturated carbocycles. The Morgan fingerprint density at radius 2 is 2.15 bits per heavy atom. The Balaban J connectivity index is 0.00000147. The molecule has 0 amide bonds. The van der Waals surface area contributed by atoms with E-state index in [2.05, 4.69) is 17.4 Å². The number of hydrogen-bond donors (Lipinski definition) is 1. The maximum Gasteiger partial charge on any atom is 0.0595 e. The zero-order valence-corrected chi connectivity index (χ0v) is 13.8. The third kappa shape index (κ3) is 2.69. The van der Waals surface area contributed by atoms with Gasteiger partial charge in [0.1, 0.15) is 0 Å². The van der Waals surface area contributed by atoms with Gasteiger partial charge >= 0.3 is 0 Å². The summed E-state index contributed by atoms with van der Waals surface area (Å²) >= 11 is 12.3. The van der Waals surface area contributed by atoms with Gasteiger partial charge in [0.15, 0.2) is 0 Å². The molecule has 2 fully saturated rings. The van der Waals surface area contributed by atoms with Crippen LogP contribution < -0.4 is 5.32 Å². The van der Waals surface area contributed by atoms with Gasteiger partial charge in [0, 0.05) is 31.0 Å². The molecule has 112 valence electrons. The lowest BCUT2D eigenvalue weighted by Gasteiger charge is -2.42. The molecule has 1 aromatic carbocycles. The lowest BCUT2D eigenvalue weighted by Crippen LogP contribution is -2.48. The average Bonchev–Trinajstić information content (AvgIpc) is 2.76. The average molecular weight is 337 g/mol. The number of halogens is 3. The second-order valence-corrected chi connectivity index (χ2v) is 6.60. The van der Waals surface area contributed by atoms with Crippen LogP contribution in [0, 0.1) is 5.92 Å². The summed E-state index contributed by atoms with van der Waals surface area (Å²) in [6.45, 7) is 1.82. The Labute approximate surface area is 136 Å². The maximum atomic E-state index is 6.21. The Kier molecular flexibility index (Phi) is 5.25. The second-order valence-electron chi connectivity index (χ2n) is 5.79. The summed E-state index contributed by atoms with van der Waals surface area (Å²) in [4.78, 5) is 0. The molecule has 1 aliphatic carbocycles. The molecule has 20 heavy (non-hydrogen) atoms. The third-order valence-electron chi connectivity index (χ3n) is 4.85. The van der Waals surface area contributed by atoms with Crippen LogP contribution in [0.15, 0.2) is 18.2 Å². The number of piperidine rings is 1. The molecule has 0 unspecified atom stereocenters. The van der Waals surface area contributed by atoms with Crippen LogP contribution in [0.3, 0.4) is 0 Å². The van der Waals surface area contributed by atoms with Crippen LogP contribution in [0.2, 0.25) is 10.0 Å². The summed E-state index contributed by atoms with van der Waals surface area (Å²) in [5.41, 5.74) is 1.54. The predicted molar refractivity (Wildman–Crippen MR) is 86.4 cm³/mol. The molecule has 2 bridgehead atoms. The molecule has 1 saturated heterocycles. The van der Waals surface area contributed by atoms with Gasteiger partial charge in [-0.2, -0.15) is 0 Å². The van der Waals surface area contributed by atoms with Gasteiger partial charge in [0.05, 0.1) is 16.7 Å². The lowest BCUT2D eigenvalue weighted by atomic mass is 9.67. The first kappa shape index (κ1) is 16.4. The Morgan fingerprint density at radius 3 is 2.85 bits per heavy atom.